The number of hydrogen-bond acceptors (Lipinski definition) is 5. The van der Waals surface area contributed by atoms with Crippen molar-refractivity contribution in [3.05, 3.63) is 29.8 Å². The van der Waals surface area contributed by atoms with E-state index in [0.717, 1.165) is 11.3 Å². The van der Waals surface area contributed by atoms with Crippen LogP contribution in [0.5, 0.6) is 5.75 Å². The molecule has 0 amide bonds. The molecule has 3 N–H and O–H groups in total. The monoisotopic (exact) mass is 281 g/mol. The van der Waals surface area contributed by atoms with Crippen molar-refractivity contribution >= 4 is 0 Å². The van der Waals surface area contributed by atoms with Crippen molar-refractivity contribution in [1.29, 1.82) is 0 Å². The van der Waals surface area contributed by atoms with E-state index in [0.29, 0.717) is 39.1 Å². The van der Waals surface area contributed by atoms with E-state index >= 15 is 0 Å². The van der Waals surface area contributed by atoms with Crippen LogP contribution in [0.4, 0.5) is 0 Å². The molecule has 0 spiro atoms. The van der Waals surface area contributed by atoms with Crippen molar-refractivity contribution in [2.45, 2.75) is 24.5 Å². The van der Waals surface area contributed by atoms with Crippen LogP contribution in [0.15, 0.2) is 24.3 Å². The van der Waals surface area contributed by atoms with Crippen molar-refractivity contribution < 1.29 is 19.7 Å². The third-order valence-electron chi connectivity index (χ3n) is 3.72. The van der Waals surface area contributed by atoms with Gasteiger partial charge in [0.05, 0.1) is 18.8 Å². The summed E-state index contributed by atoms with van der Waals surface area (Å²) in [5.74, 6) is 0.769. The van der Waals surface area contributed by atoms with E-state index < -0.39 is 11.7 Å². The lowest BCUT2D eigenvalue weighted by atomic mass is 9.94. The summed E-state index contributed by atoms with van der Waals surface area (Å²) in [6.07, 6.45) is 0.682. The molecule has 1 aliphatic rings. The van der Waals surface area contributed by atoms with Gasteiger partial charge in [-0.3, -0.25) is 0 Å². The molecule has 5 heteroatoms. The van der Waals surface area contributed by atoms with Gasteiger partial charge in [0, 0.05) is 39.1 Å². The summed E-state index contributed by atoms with van der Waals surface area (Å²) in [5.41, 5.74) is 0.120. The number of rotatable bonds is 6. The molecular formula is C15H23NO4. The van der Waals surface area contributed by atoms with Crippen molar-refractivity contribution in [3.8, 4) is 5.75 Å². The van der Waals surface area contributed by atoms with Crippen molar-refractivity contribution in [3.63, 3.8) is 0 Å². The quantitative estimate of drug-likeness (QED) is 0.721. The Labute approximate surface area is 119 Å². The Morgan fingerprint density at radius 2 is 1.95 bits per heavy atom. The summed E-state index contributed by atoms with van der Waals surface area (Å²) < 4.78 is 10.3. The van der Waals surface area contributed by atoms with Gasteiger partial charge >= 0.3 is 0 Å². The first kappa shape index (κ1) is 15.3. The Bertz CT molecular complexity index is 401. The van der Waals surface area contributed by atoms with E-state index in [2.05, 4.69) is 5.32 Å². The Balaban J connectivity index is 1.77. The molecular weight excluding hydrogens is 258 g/mol. The molecule has 5 nitrogen and oxygen atoms in total. The topological polar surface area (TPSA) is 71.0 Å². The van der Waals surface area contributed by atoms with E-state index in [1.165, 1.54) is 0 Å². The molecule has 2 rings (SSSR count). The van der Waals surface area contributed by atoms with Crippen LogP contribution in [0.1, 0.15) is 24.5 Å². The second kappa shape index (κ2) is 7.04. The first-order valence-electron chi connectivity index (χ1n) is 6.96. The van der Waals surface area contributed by atoms with Gasteiger partial charge in [0.2, 0.25) is 0 Å². The van der Waals surface area contributed by atoms with Crippen molar-refractivity contribution in [2.24, 2.45) is 0 Å². The zero-order chi connectivity index (χ0) is 14.4. The van der Waals surface area contributed by atoms with Crippen LogP contribution in [0.3, 0.4) is 0 Å². The first-order valence-corrected chi connectivity index (χ1v) is 6.96. The van der Waals surface area contributed by atoms with Gasteiger partial charge in [-0.1, -0.05) is 12.1 Å². The van der Waals surface area contributed by atoms with E-state index in [4.69, 9.17) is 9.47 Å². The number of benzene rings is 1. The fraction of sp³-hybridized carbons (Fsp3) is 0.600. The predicted octanol–water partition coefficient (Wildman–Crippen LogP) is 0.860. The van der Waals surface area contributed by atoms with Gasteiger partial charge in [-0.15, -0.1) is 0 Å². The average Bonchev–Trinajstić information content (AvgIpc) is 2.48. The molecule has 0 saturated carbocycles. The van der Waals surface area contributed by atoms with E-state index in [1.807, 2.05) is 24.3 Å². The second-order valence-corrected chi connectivity index (χ2v) is 5.26. The van der Waals surface area contributed by atoms with Crippen LogP contribution in [-0.2, 0) is 4.74 Å². The van der Waals surface area contributed by atoms with Crippen molar-refractivity contribution in [2.75, 3.05) is 33.4 Å². The zero-order valence-electron chi connectivity index (χ0n) is 11.8. The highest BCUT2D eigenvalue weighted by Crippen LogP contribution is 2.20. The number of hydrogen-bond donors (Lipinski definition) is 3. The minimum Gasteiger partial charge on any atom is -0.497 e. The van der Waals surface area contributed by atoms with Gasteiger partial charge in [0.25, 0.3) is 0 Å². The Hall–Kier alpha value is -1.14. The lowest BCUT2D eigenvalue weighted by molar-refractivity contribution is -0.0623. The van der Waals surface area contributed by atoms with Gasteiger partial charge in [-0.2, -0.15) is 0 Å². The fourth-order valence-corrected chi connectivity index (χ4v) is 2.31. The normalized spacial score (nSPS) is 19.6. The Kier molecular flexibility index (Phi) is 5.37. The van der Waals surface area contributed by atoms with E-state index in [-0.39, 0.29) is 0 Å². The highest BCUT2D eigenvalue weighted by Gasteiger charge is 2.29. The first-order chi connectivity index (χ1) is 9.63. The average molecular weight is 281 g/mol. The molecule has 1 aliphatic heterocycles. The number of nitrogens with one attached hydrogen (secondary N) is 1. The summed E-state index contributed by atoms with van der Waals surface area (Å²) in [4.78, 5) is 0. The van der Waals surface area contributed by atoms with Gasteiger partial charge in [-0.25, -0.2) is 0 Å². The van der Waals surface area contributed by atoms with E-state index in [9.17, 15) is 10.2 Å². The summed E-state index contributed by atoms with van der Waals surface area (Å²) in [6, 6.07) is 7.33. The smallest absolute Gasteiger partial charge is 0.118 e. The molecule has 1 saturated heterocycles. The number of methoxy groups -OCH3 is 1. The number of aliphatic hydroxyl groups is 2. The van der Waals surface area contributed by atoms with Crippen LogP contribution in [0, 0.1) is 0 Å². The highest BCUT2D eigenvalue weighted by molar-refractivity contribution is 5.28. The molecule has 0 aliphatic carbocycles. The maximum atomic E-state index is 10.3. The summed E-state index contributed by atoms with van der Waals surface area (Å²) in [6.45, 7) is 2.08. The summed E-state index contributed by atoms with van der Waals surface area (Å²) >= 11 is 0. The molecule has 0 aromatic heterocycles. The predicted molar refractivity (Wildman–Crippen MR) is 75.8 cm³/mol. The Morgan fingerprint density at radius 1 is 1.30 bits per heavy atom. The minimum absolute atomic E-state index is 0.412. The van der Waals surface area contributed by atoms with Gasteiger partial charge in [0.15, 0.2) is 0 Å². The molecule has 0 radical (unpaired) electrons. The van der Waals surface area contributed by atoms with E-state index in [1.54, 1.807) is 7.11 Å². The maximum Gasteiger partial charge on any atom is 0.118 e. The van der Waals surface area contributed by atoms with Gasteiger partial charge in [0.1, 0.15) is 5.75 Å². The SMILES string of the molecule is COc1ccc(C(O)CNCC2(O)CCOCC2)cc1. The zero-order valence-corrected chi connectivity index (χ0v) is 11.8. The minimum atomic E-state index is -0.710. The van der Waals surface area contributed by atoms with Crippen LogP contribution in [0.25, 0.3) is 0 Å². The molecule has 1 atom stereocenters. The third-order valence-corrected chi connectivity index (χ3v) is 3.72. The molecule has 1 aromatic rings. The van der Waals surface area contributed by atoms with Crippen LogP contribution in [0.2, 0.25) is 0 Å². The fourth-order valence-electron chi connectivity index (χ4n) is 2.31. The van der Waals surface area contributed by atoms with Crippen LogP contribution < -0.4 is 10.1 Å². The highest BCUT2D eigenvalue weighted by atomic mass is 16.5. The molecule has 1 aromatic carbocycles. The lowest BCUT2D eigenvalue weighted by Crippen LogP contribution is -2.45. The molecule has 1 heterocycles. The Morgan fingerprint density at radius 3 is 2.55 bits per heavy atom. The molecule has 1 unspecified atom stereocenters. The standard InChI is InChI=1S/C15H23NO4/c1-19-13-4-2-12(3-5-13)14(17)10-16-11-15(18)6-8-20-9-7-15/h2-5,14,16-18H,6-11H2,1H3. The number of aliphatic hydroxyl groups excluding tert-OH is 1. The third kappa shape index (κ3) is 4.18. The second-order valence-electron chi connectivity index (χ2n) is 5.26. The molecule has 112 valence electrons. The summed E-state index contributed by atoms with van der Waals surface area (Å²) in [5, 5.41) is 23.5. The number of ether oxygens (including phenoxy) is 2. The molecule has 20 heavy (non-hydrogen) atoms. The lowest BCUT2D eigenvalue weighted by Gasteiger charge is -2.32. The molecule has 1 fully saturated rings. The van der Waals surface area contributed by atoms with Crippen LogP contribution >= 0.6 is 0 Å². The largest absolute Gasteiger partial charge is 0.497 e. The van der Waals surface area contributed by atoms with Gasteiger partial charge < -0.3 is 25.0 Å². The molecule has 0 bridgehead atoms. The van der Waals surface area contributed by atoms with Gasteiger partial charge in [-0.05, 0) is 17.7 Å². The van der Waals surface area contributed by atoms with Crippen LogP contribution in [-0.4, -0.2) is 49.2 Å². The summed E-state index contributed by atoms with van der Waals surface area (Å²) in [7, 11) is 1.61. The maximum absolute atomic E-state index is 10.3. The van der Waals surface area contributed by atoms with Crippen molar-refractivity contribution in [1.82, 2.24) is 5.32 Å².